The zero-order valence-corrected chi connectivity index (χ0v) is 10.2. The summed E-state index contributed by atoms with van der Waals surface area (Å²) in [6, 6.07) is -1.43. The number of imidazole rings is 1. The third-order valence-corrected chi connectivity index (χ3v) is 3.05. The molecule has 1 aliphatic heterocycles. The van der Waals surface area contributed by atoms with Crippen LogP contribution in [0.3, 0.4) is 0 Å². The van der Waals surface area contributed by atoms with E-state index < -0.39 is 24.1 Å². The molecule has 1 aromatic rings. The van der Waals surface area contributed by atoms with Crippen LogP contribution < -0.4 is 5.32 Å². The second kappa shape index (κ2) is 5.70. The summed E-state index contributed by atoms with van der Waals surface area (Å²) in [5, 5.41) is 21.1. The molecule has 19 heavy (non-hydrogen) atoms. The lowest BCUT2D eigenvalue weighted by molar-refractivity contribution is -0.141. The number of aliphatic carboxylic acids is 1. The van der Waals surface area contributed by atoms with Crippen molar-refractivity contribution >= 4 is 12.0 Å². The highest BCUT2D eigenvalue weighted by Gasteiger charge is 2.38. The Morgan fingerprint density at radius 1 is 1.58 bits per heavy atom. The number of aliphatic hydroxyl groups excluding tert-OH is 1. The number of aromatic amines is 1. The van der Waals surface area contributed by atoms with Crippen molar-refractivity contribution in [1.82, 2.24) is 20.2 Å². The predicted molar refractivity (Wildman–Crippen MR) is 64.4 cm³/mol. The van der Waals surface area contributed by atoms with Crippen molar-refractivity contribution in [3.63, 3.8) is 0 Å². The number of hydrogen-bond acceptors (Lipinski definition) is 4. The predicted octanol–water partition coefficient (Wildman–Crippen LogP) is -0.818. The van der Waals surface area contributed by atoms with Gasteiger partial charge in [0, 0.05) is 37.8 Å². The number of carboxylic acids is 1. The Kier molecular flexibility index (Phi) is 4.00. The quantitative estimate of drug-likeness (QED) is 0.569. The fraction of sp³-hybridized carbons (Fsp3) is 0.545. The van der Waals surface area contributed by atoms with Crippen molar-refractivity contribution in [3.8, 4) is 0 Å². The molecule has 2 heterocycles. The van der Waals surface area contributed by atoms with Crippen LogP contribution in [0.15, 0.2) is 12.5 Å². The first-order valence-corrected chi connectivity index (χ1v) is 6.00. The Labute approximate surface area is 109 Å². The molecule has 1 fully saturated rings. The Morgan fingerprint density at radius 2 is 2.37 bits per heavy atom. The van der Waals surface area contributed by atoms with Crippen LogP contribution in [-0.4, -0.2) is 62.3 Å². The monoisotopic (exact) mass is 268 g/mol. The number of likely N-dealkylation sites (tertiary alicyclic amines) is 1. The average molecular weight is 268 g/mol. The molecule has 0 aromatic carbocycles. The van der Waals surface area contributed by atoms with E-state index >= 15 is 0 Å². The van der Waals surface area contributed by atoms with E-state index in [0.29, 0.717) is 13.0 Å². The molecule has 8 heteroatoms. The zero-order valence-electron chi connectivity index (χ0n) is 10.2. The minimum absolute atomic E-state index is 0.0485. The molecule has 2 rings (SSSR count). The molecule has 1 aliphatic rings. The fourth-order valence-electron chi connectivity index (χ4n) is 2.10. The zero-order chi connectivity index (χ0) is 13.8. The maximum absolute atomic E-state index is 11.8. The number of β-amino-alcohol motifs (C(OH)–C–C–N with tert-alkyl or cyclic N) is 1. The number of rotatable bonds is 4. The number of carbonyl (C=O) groups is 2. The average Bonchev–Trinajstić information content (AvgIpc) is 2.98. The minimum atomic E-state index is -1.10. The summed E-state index contributed by atoms with van der Waals surface area (Å²) < 4.78 is 0. The van der Waals surface area contributed by atoms with Crippen LogP contribution in [0, 0.1) is 0 Å². The van der Waals surface area contributed by atoms with Gasteiger partial charge in [-0.05, 0) is 0 Å². The van der Waals surface area contributed by atoms with Gasteiger partial charge in [-0.15, -0.1) is 0 Å². The van der Waals surface area contributed by atoms with E-state index in [-0.39, 0.29) is 13.0 Å². The van der Waals surface area contributed by atoms with E-state index in [4.69, 9.17) is 5.11 Å². The molecule has 0 radical (unpaired) electrons. The molecule has 8 nitrogen and oxygen atoms in total. The van der Waals surface area contributed by atoms with Crippen molar-refractivity contribution in [2.45, 2.75) is 25.0 Å². The standard InChI is InChI=1S/C11H16N4O4/c16-8-3-9(10(17)18)15(5-8)11(19)13-2-1-7-4-12-6-14-7/h4,6,8-9,16H,1-3,5H2,(H,12,14)(H,13,19)(H,17,18)/t8-,9-/m1/s1. The lowest BCUT2D eigenvalue weighted by Gasteiger charge is -2.21. The Balaban J connectivity index is 1.83. The van der Waals surface area contributed by atoms with Gasteiger partial charge in [0.15, 0.2) is 0 Å². The summed E-state index contributed by atoms with van der Waals surface area (Å²) in [6.07, 6.45) is 3.09. The summed E-state index contributed by atoms with van der Waals surface area (Å²) in [7, 11) is 0. The lowest BCUT2D eigenvalue weighted by atomic mass is 10.2. The largest absolute Gasteiger partial charge is 0.480 e. The SMILES string of the molecule is O=C(O)[C@H]1C[C@@H](O)CN1C(=O)NCCc1cnc[nH]1. The molecular weight excluding hydrogens is 252 g/mol. The minimum Gasteiger partial charge on any atom is -0.480 e. The maximum atomic E-state index is 11.8. The van der Waals surface area contributed by atoms with Crippen LogP contribution in [-0.2, 0) is 11.2 Å². The second-order valence-electron chi connectivity index (χ2n) is 4.45. The number of carbonyl (C=O) groups excluding carboxylic acids is 1. The van der Waals surface area contributed by atoms with Gasteiger partial charge in [-0.25, -0.2) is 14.6 Å². The van der Waals surface area contributed by atoms with Crippen LogP contribution >= 0.6 is 0 Å². The van der Waals surface area contributed by atoms with Crippen LogP contribution in [0.25, 0.3) is 0 Å². The summed E-state index contributed by atoms with van der Waals surface area (Å²) in [5.74, 6) is -1.10. The number of carboxylic acid groups (broad SMARTS) is 1. The number of aromatic nitrogens is 2. The van der Waals surface area contributed by atoms with Crippen LogP contribution in [0.5, 0.6) is 0 Å². The van der Waals surface area contributed by atoms with Crippen molar-refractivity contribution in [2.75, 3.05) is 13.1 Å². The highest BCUT2D eigenvalue weighted by atomic mass is 16.4. The molecule has 0 aliphatic carbocycles. The third-order valence-electron chi connectivity index (χ3n) is 3.05. The summed E-state index contributed by atoms with van der Waals surface area (Å²) >= 11 is 0. The van der Waals surface area contributed by atoms with E-state index in [2.05, 4.69) is 15.3 Å². The summed E-state index contributed by atoms with van der Waals surface area (Å²) in [5.41, 5.74) is 0.886. The van der Waals surface area contributed by atoms with E-state index in [9.17, 15) is 14.7 Å². The fourth-order valence-corrected chi connectivity index (χ4v) is 2.10. The molecule has 0 unspecified atom stereocenters. The van der Waals surface area contributed by atoms with Crippen molar-refractivity contribution in [2.24, 2.45) is 0 Å². The topological polar surface area (TPSA) is 119 Å². The van der Waals surface area contributed by atoms with Gasteiger partial charge in [-0.1, -0.05) is 0 Å². The molecule has 0 spiro atoms. The highest BCUT2D eigenvalue weighted by molar-refractivity contribution is 5.83. The number of H-pyrrole nitrogens is 1. The van der Waals surface area contributed by atoms with Gasteiger partial charge in [-0.3, -0.25) is 0 Å². The normalized spacial score (nSPS) is 22.5. The van der Waals surface area contributed by atoms with Gasteiger partial charge in [0.1, 0.15) is 6.04 Å². The van der Waals surface area contributed by atoms with Crippen LogP contribution in [0.1, 0.15) is 12.1 Å². The van der Waals surface area contributed by atoms with Gasteiger partial charge >= 0.3 is 12.0 Å². The Bertz CT molecular complexity index is 448. The first kappa shape index (κ1) is 13.3. The van der Waals surface area contributed by atoms with Crippen molar-refractivity contribution in [1.29, 1.82) is 0 Å². The van der Waals surface area contributed by atoms with E-state index in [1.165, 1.54) is 0 Å². The molecule has 0 bridgehead atoms. The molecule has 2 atom stereocenters. The second-order valence-corrected chi connectivity index (χ2v) is 4.45. The molecule has 104 valence electrons. The van der Waals surface area contributed by atoms with Crippen molar-refractivity contribution in [3.05, 3.63) is 18.2 Å². The van der Waals surface area contributed by atoms with Crippen LogP contribution in [0.2, 0.25) is 0 Å². The number of aliphatic hydroxyl groups is 1. The van der Waals surface area contributed by atoms with Gasteiger partial charge in [0.25, 0.3) is 0 Å². The van der Waals surface area contributed by atoms with E-state index in [1.54, 1.807) is 12.5 Å². The Morgan fingerprint density at radius 3 is 3.00 bits per heavy atom. The van der Waals surface area contributed by atoms with E-state index in [0.717, 1.165) is 10.6 Å². The molecule has 0 saturated carbocycles. The van der Waals surface area contributed by atoms with Gasteiger partial charge in [0.2, 0.25) is 0 Å². The number of nitrogens with zero attached hydrogens (tertiary/aromatic N) is 2. The Hall–Kier alpha value is -2.09. The first-order valence-electron chi connectivity index (χ1n) is 6.00. The smallest absolute Gasteiger partial charge is 0.326 e. The molecule has 4 N–H and O–H groups in total. The highest BCUT2D eigenvalue weighted by Crippen LogP contribution is 2.17. The number of nitrogens with one attached hydrogen (secondary N) is 2. The van der Waals surface area contributed by atoms with Gasteiger partial charge in [0.05, 0.1) is 12.4 Å². The van der Waals surface area contributed by atoms with Gasteiger partial charge in [-0.2, -0.15) is 0 Å². The number of hydrogen-bond donors (Lipinski definition) is 4. The molecule has 1 aromatic heterocycles. The summed E-state index contributed by atoms with van der Waals surface area (Å²) in [4.78, 5) is 30.7. The summed E-state index contributed by atoms with van der Waals surface area (Å²) in [6.45, 7) is 0.423. The maximum Gasteiger partial charge on any atom is 0.326 e. The van der Waals surface area contributed by atoms with Crippen molar-refractivity contribution < 1.29 is 19.8 Å². The molecule has 2 amide bonds. The first-order chi connectivity index (χ1) is 9.08. The molecular formula is C11H16N4O4. The van der Waals surface area contributed by atoms with Gasteiger partial charge < -0.3 is 25.4 Å². The lowest BCUT2D eigenvalue weighted by Crippen LogP contribution is -2.46. The van der Waals surface area contributed by atoms with E-state index in [1.807, 2.05) is 0 Å². The number of amides is 2. The number of urea groups is 1. The van der Waals surface area contributed by atoms with Crippen LogP contribution in [0.4, 0.5) is 4.79 Å². The molecule has 1 saturated heterocycles. The third kappa shape index (κ3) is 3.22.